The Bertz CT molecular complexity index is 864. The van der Waals surface area contributed by atoms with Crippen molar-refractivity contribution in [3.05, 3.63) is 60.3 Å². The van der Waals surface area contributed by atoms with Crippen molar-refractivity contribution in [3.63, 3.8) is 0 Å². The highest BCUT2D eigenvalue weighted by molar-refractivity contribution is 5.94. The molecule has 1 aliphatic heterocycles. The highest BCUT2D eigenvalue weighted by Crippen LogP contribution is 2.22. The number of amides is 1. The maximum Gasteiger partial charge on any atom is 0.255 e. The van der Waals surface area contributed by atoms with E-state index in [1.165, 1.54) is 6.33 Å². The van der Waals surface area contributed by atoms with Crippen LogP contribution in [0.15, 0.2) is 49.1 Å². The lowest BCUT2D eigenvalue weighted by molar-refractivity contribution is 0.0764. The molecule has 7 nitrogen and oxygen atoms in total. The maximum atomic E-state index is 12.7. The number of nitrogens with zero attached hydrogens (tertiary/aromatic N) is 5. The van der Waals surface area contributed by atoms with Gasteiger partial charge in [-0.25, -0.2) is 9.50 Å². The van der Waals surface area contributed by atoms with E-state index in [0.717, 1.165) is 5.69 Å². The fourth-order valence-electron chi connectivity index (χ4n) is 3.13. The molecule has 24 heavy (non-hydrogen) atoms. The van der Waals surface area contributed by atoms with Gasteiger partial charge in [-0.05, 0) is 30.7 Å². The van der Waals surface area contributed by atoms with Crippen LogP contribution in [0.25, 0.3) is 5.65 Å². The molecule has 1 saturated heterocycles. The first-order chi connectivity index (χ1) is 11.7. The maximum absolute atomic E-state index is 12.7. The predicted molar refractivity (Wildman–Crippen MR) is 86.3 cm³/mol. The van der Waals surface area contributed by atoms with Gasteiger partial charge in [0.25, 0.3) is 5.91 Å². The van der Waals surface area contributed by atoms with E-state index in [9.17, 15) is 9.90 Å². The molecule has 0 radical (unpaired) electrons. The highest BCUT2D eigenvalue weighted by atomic mass is 16.3. The van der Waals surface area contributed by atoms with Crippen LogP contribution >= 0.6 is 0 Å². The van der Waals surface area contributed by atoms with Gasteiger partial charge in [0.2, 0.25) is 0 Å². The van der Waals surface area contributed by atoms with E-state index in [-0.39, 0.29) is 11.8 Å². The summed E-state index contributed by atoms with van der Waals surface area (Å²) >= 11 is 0. The Kier molecular flexibility index (Phi) is 3.70. The Balaban J connectivity index is 1.49. The first kappa shape index (κ1) is 14.8. The van der Waals surface area contributed by atoms with Crippen LogP contribution in [0.2, 0.25) is 0 Å². The van der Waals surface area contributed by atoms with Gasteiger partial charge in [0.05, 0.1) is 11.7 Å². The third-order valence-electron chi connectivity index (χ3n) is 4.41. The van der Waals surface area contributed by atoms with Gasteiger partial charge in [-0.2, -0.15) is 5.10 Å². The summed E-state index contributed by atoms with van der Waals surface area (Å²) in [4.78, 5) is 22.8. The van der Waals surface area contributed by atoms with Gasteiger partial charge in [0.1, 0.15) is 6.33 Å². The quantitative estimate of drug-likeness (QED) is 0.771. The molecular weight excluding hydrogens is 306 g/mol. The van der Waals surface area contributed by atoms with E-state index in [0.29, 0.717) is 30.7 Å². The molecule has 4 heterocycles. The number of fused-ring (bicyclic) bond motifs is 1. The molecule has 0 unspecified atom stereocenters. The van der Waals surface area contributed by atoms with Crippen LogP contribution in [0.5, 0.6) is 0 Å². The van der Waals surface area contributed by atoms with Crippen LogP contribution in [0.3, 0.4) is 0 Å². The van der Waals surface area contributed by atoms with Crippen molar-refractivity contribution in [1.29, 1.82) is 0 Å². The molecule has 1 N–H and O–H groups in total. The lowest BCUT2D eigenvalue weighted by Crippen LogP contribution is -2.29. The zero-order chi connectivity index (χ0) is 16.5. The fraction of sp³-hybridized carbons (Fsp3) is 0.294. The molecule has 0 saturated carbocycles. The molecule has 4 rings (SSSR count). The minimum Gasteiger partial charge on any atom is -0.391 e. The number of hydrogen-bond donors (Lipinski definition) is 1. The predicted octanol–water partition coefficient (Wildman–Crippen LogP) is 0.800. The van der Waals surface area contributed by atoms with Crippen LogP contribution in [0, 0.1) is 5.92 Å². The second kappa shape index (κ2) is 6.01. The van der Waals surface area contributed by atoms with E-state index in [2.05, 4.69) is 15.1 Å². The second-order valence-electron chi connectivity index (χ2n) is 6.04. The van der Waals surface area contributed by atoms with E-state index < -0.39 is 6.10 Å². The second-order valence-corrected chi connectivity index (χ2v) is 6.04. The average Bonchev–Trinajstić information content (AvgIpc) is 3.21. The Morgan fingerprint density at radius 1 is 1.21 bits per heavy atom. The molecule has 0 bridgehead atoms. The number of carbonyl (C=O) groups is 1. The normalized spacial score (nSPS) is 20.6. The van der Waals surface area contributed by atoms with E-state index >= 15 is 0 Å². The van der Waals surface area contributed by atoms with Gasteiger partial charge in [0.15, 0.2) is 5.65 Å². The molecule has 1 fully saturated rings. The Morgan fingerprint density at radius 3 is 2.96 bits per heavy atom. The lowest BCUT2D eigenvalue weighted by atomic mass is 10.00. The van der Waals surface area contributed by atoms with Gasteiger partial charge in [-0.1, -0.05) is 6.07 Å². The highest BCUT2D eigenvalue weighted by Gasteiger charge is 2.34. The number of rotatable bonds is 3. The van der Waals surface area contributed by atoms with Crippen molar-refractivity contribution in [1.82, 2.24) is 24.5 Å². The summed E-state index contributed by atoms with van der Waals surface area (Å²) in [7, 11) is 0. The smallest absolute Gasteiger partial charge is 0.255 e. The van der Waals surface area contributed by atoms with Gasteiger partial charge >= 0.3 is 0 Å². The molecule has 0 aromatic carbocycles. The summed E-state index contributed by atoms with van der Waals surface area (Å²) in [5.41, 5.74) is 2.17. The van der Waals surface area contributed by atoms with E-state index in [4.69, 9.17) is 0 Å². The Hall–Kier alpha value is -2.80. The Morgan fingerprint density at radius 2 is 2.12 bits per heavy atom. The third kappa shape index (κ3) is 2.74. The monoisotopic (exact) mass is 323 g/mol. The molecule has 3 aromatic heterocycles. The van der Waals surface area contributed by atoms with Crippen molar-refractivity contribution in [2.75, 3.05) is 13.1 Å². The number of likely N-dealkylation sites (tertiary alicyclic amines) is 1. The first-order valence-electron chi connectivity index (χ1n) is 7.87. The zero-order valence-corrected chi connectivity index (χ0v) is 13.0. The summed E-state index contributed by atoms with van der Waals surface area (Å²) < 4.78 is 1.57. The van der Waals surface area contributed by atoms with Crippen LogP contribution < -0.4 is 0 Å². The van der Waals surface area contributed by atoms with Crippen molar-refractivity contribution in [2.24, 2.45) is 5.92 Å². The number of aromatic nitrogens is 4. The van der Waals surface area contributed by atoms with Gasteiger partial charge in [-0.3, -0.25) is 9.78 Å². The molecular formula is C17H17N5O2. The van der Waals surface area contributed by atoms with Crippen LogP contribution in [-0.4, -0.2) is 54.7 Å². The minimum absolute atomic E-state index is 0.000971. The fourth-order valence-corrected chi connectivity index (χ4v) is 3.13. The van der Waals surface area contributed by atoms with Crippen molar-refractivity contribution < 1.29 is 9.90 Å². The number of carbonyl (C=O) groups excluding carboxylic acids is 1. The van der Waals surface area contributed by atoms with Gasteiger partial charge < -0.3 is 10.0 Å². The minimum atomic E-state index is -0.536. The van der Waals surface area contributed by atoms with Gasteiger partial charge in [0, 0.05) is 37.1 Å². The first-order valence-corrected chi connectivity index (χ1v) is 7.87. The SMILES string of the molecule is O=C(c1ccc2ncnn2c1)N1C[C@@H](Cc2ccccn2)[C@H](O)C1. The largest absolute Gasteiger partial charge is 0.391 e. The van der Waals surface area contributed by atoms with Gasteiger partial charge in [-0.15, -0.1) is 0 Å². The number of aliphatic hydroxyl groups excluding tert-OH is 1. The van der Waals surface area contributed by atoms with E-state index in [1.54, 1.807) is 33.9 Å². The average molecular weight is 323 g/mol. The zero-order valence-electron chi connectivity index (χ0n) is 13.0. The van der Waals surface area contributed by atoms with Crippen LogP contribution in [-0.2, 0) is 6.42 Å². The molecule has 1 amide bonds. The number of hydrogen-bond acceptors (Lipinski definition) is 5. The lowest BCUT2D eigenvalue weighted by Gasteiger charge is -2.16. The number of aliphatic hydroxyl groups is 1. The molecule has 0 spiro atoms. The standard InChI is InChI=1S/C17H17N5O2/c23-15-10-21(8-13(15)7-14-3-1-2-6-18-14)17(24)12-4-5-16-19-11-20-22(16)9-12/h1-6,9,11,13,15,23H,7-8,10H2/t13-,15-/m1/s1. The van der Waals surface area contributed by atoms with E-state index in [1.807, 2.05) is 18.2 Å². The molecule has 2 atom stereocenters. The molecule has 1 aliphatic rings. The van der Waals surface area contributed by atoms with Crippen molar-refractivity contribution in [2.45, 2.75) is 12.5 Å². The molecule has 3 aromatic rings. The summed E-state index contributed by atoms with van der Waals surface area (Å²) in [5.74, 6) is -0.103. The number of pyridine rings is 2. The molecule has 7 heteroatoms. The van der Waals surface area contributed by atoms with Crippen molar-refractivity contribution >= 4 is 11.6 Å². The van der Waals surface area contributed by atoms with Crippen LogP contribution in [0.4, 0.5) is 0 Å². The Labute approximate surface area is 138 Å². The number of β-amino-alcohol motifs (C(OH)–C–C–N with tert-alkyl or cyclic N) is 1. The summed E-state index contributed by atoms with van der Waals surface area (Å²) in [6.45, 7) is 0.859. The third-order valence-corrected chi connectivity index (χ3v) is 4.41. The summed E-state index contributed by atoms with van der Waals surface area (Å²) in [6.07, 6.45) is 4.99. The van der Waals surface area contributed by atoms with Crippen molar-refractivity contribution in [3.8, 4) is 0 Å². The summed E-state index contributed by atoms with van der Waals surface area (Å²) in [6, 6.07) is 9.24. The topological polar surface area (TPSA) is 83.6 Å². The molecule has 122 valence electrons. The summed E-state index contributed by atoms with van der Waals surface area (Å²) in [5, 5.41) is 14.4. The van der Waals surface area contributed by atoms with Crippen LogP contribution in [0.1, 0.15) is 16.1 Å². The molecule has 0 aliphatic carbocycles.